The third-order valence-corrected chi connectivity index (χ3v) is 3.62. The molecule has 19 heavy (non-hydrogen) atoms. The van der Waals surface area contributed by atoms with E-state index in [0.717, 1.165) is 29.0 Å². The van der Waals surface area contributed by atoms with Gasteiger partial charge in [0, 0.05) is 7.05 Å². The molecule has 3 rings (SSSR count). The highest BCUT2D eigenvalue weighted by molar-refractivity contribution is 7.71. The molecule has 0 spiro atoms. The molecule has 98 valence electrons. The van der Waals surface area contributed by atoms with Gasteiger partial charge < -0.3 is 4.98 Å². The predicted molar refractivity (Wildman–Crippen MR) is 79.3 cm³/mol. The largest absolute Gasteiger partial charge is 0.327 e. The average molecular weight is 272 g/mol. The Bertz CT molecular complexity index is 807. The van der Waals surface area contributed by atoms with E-state index in [9.17, 15) is 0 Å². The molecule has 0 aliphatic carbocycles. The second-order valence-corrected chi connectivity index (χ2v) is 5.11. The van der Waals surface area contributed by atoms with Crippen LogP contribution in [0.15, 0.2) is 24.3 Å². The fraction of sp³-hybridized carbons (Fsp3) is 0.286. The van der Waals surface area contributed by atoms with E-state index < -0.39 is 0 Å². The van der Waals surface area contributed by atoms with Gasteiger partial charge in [0.1, 0.15) is 5.52 Å². The summed E-state index contributed by atoms with van der Waals surface area (Å²) in [5.74, 6) is 0. The van der Waals surface area contributed by atoms with Crippen LogP contribution in [0.3, 0.4) is 0 Å². The number of benzene rings is 1. The molecule has 0 atom stereocenters. The van der Waals surface area contributed by atoms with Gasteiger partial charge in [-0.05, 0) is 43.3 Å². The van der Waals surface area contributed by atoms with E-state index >= 15 is 0 Å². The third kappa shape index (κ3) is 1.81. The van der Waals surface area contributed by atoms with Gasteiger partial charge in [-0.2, -0.15) is 5.10 Å². The molecule has 0 saturated carbocycles. The van der Waals surface area contributed by atoms with Crippen molar-refractivity contribution in [2.45, 2.75) is 20.3 Å². The maximum atomic E-state index is 5.47. The molecule has 0 unspecified atom stereocenters. The molecule has 0 fully saturated rings. The van der Waals surface area contributed by atoms with Crippen molar-refractivity contribution in [3.05, 3.63) is 40.3 Å². The maximum Gasteiger partial charge on any atom is 0.184 e. The summed E-state index contributed by atoms with van der Waals surface area (Å²) >= 11 is 5.47. The number of aryl methyl sites for hydroxylation is 3. The van der Waals surface area contributed by atoms with Crippen LogP contribution in [0.2, 0.25) is 0 Å². The minimum atomic E-state index is 0.711. The number of nitrogens with one attached hydrogen (secondary N) is 1. The molecular formula is C14H16N4S. The first kappa shape index (κ1) is 12.2. The van der Waals surface area contributed by atoms with Crippen LogP contribution in [0.1, 0.15) is 18.2 Å². The molecule has 1 N–H and O–H groups in total. The Hall–Kier alpha value is -1.88. The van der Waals surface area contributed by atoms with Crippen LogP contribution in [0, 0.1) is 11.7 Å². The Morgan fingerprint density at radius 1 is 1.37 bits per heavy atom. The van der Waals surface area contributed by atoms with E-state index in [0.29, 0.717) is 4.77 Å². The number of imidazole rings is 1. The van der Waals surface area contributed by atoms with Crippen molar-refractivity contribution in [2.75, 3.05) is 0 Å². The number of fused-ring (bicyclic) bond motifs is 1. The van der Waals surface area contributed by atoms with Gasteiger partial charge in [0.05, 0.1) is 11.4 Å². The van der Waals surface area contributed by atoms with Crippen molar-refractivity contribution in [1.82, 2.24) is 19.3 Å². The molecule has 0 aliphatic rings. The normalized spacial score (nSPS) is 11.3. The van der Waals surface area contributed by atoms with Gasteiger partial charge in [0.15, 0.2) is 10.4 Å². The molecule has 0 saturated heterocycles. The zero-order chi connectivity index (χ0) is 13.6. The van der Waals surface area contributed by atoms with Crippen molar-refractivity contribution in [3.8, 4) is 5.69 Å². The fourth-order valence-electron chi connectivity index (χ4n) is 2.47. The Morgan fingerprint density at radius 3 is 2.84 bits per heavy atom. The van der Waals surface area contributed by atoms with Crippen LogP contribution in [0.4, 0.5) is 0 Å². The fourth-order valence-corrected chi connectivity index (χ4v) is 2.76. The van der Waals surface area contributed by atoms with Crippen molar-refractivity contribution < 1.29 is 0 Å². The second kappa shape index (κ2) is 4.35. The maximum absolute atomic E-state index is 5.47. The number of aromatic amines is 1. The lowest BCUT2D eigenvalue weighted by Gasteiger charge is -2.05. The van der Waals surface area contributed by atoms with Crippen LogP contribution in [0.5, 0.6) is 0 Å². The minimum Gasteiger partial charge on any atom is -0.327 e. The zero-order valence-corrected chi connectivity index (χ0v) is 12.1. The van der Waals surface area contributed by atoms with Gasteiger partial charge in [-0.1, -0.05) is 19.1 Å². The zero-order valence-electron chi connectivity index (χ0n) is 11.3. The number of nitrogens with zero attached hydrogens (tertiary/aromatic N) is 3. The first-order valence-corrected chi connectivity index (χ1v) is 6.76. The van der Waals surface area contributed by atoms with Gasteiger partial charge in [0.2, 0.25) is 0 Å². The molecule has 1 aromatic carbocycles. The lowest BCUT2D eigenvalue weighted by molar-refractivity contribution is 0.748. The Morgan fingerprint density at radius 2 is 2.16 bits per heavy atom. The number of rotatable bonds is 2. The van der Waals surface area contributed by atoms with Crippen LogP contribution in [-0.4, -0.2) is 19.3 Å². The van der Waals surface area contributed by atoms with Crippen LogP contribution in [0.25, 0.3) is 16.9 Å². The SMILES string of the molecule is CCc1nn(C)c2c1[nH]c(=S)n2-c1cccc(C)c1. The quantitative estimate of drug-likeness (QED) is 0.727. The summed E-state index contributed by atoms with van der Waals surface area (Å²) in [6.45, 7) is 4.18. The first-order chi connectivity index (χ1) is 9.11. The topological polar surface area (TPSA) is 38.5 Å². The third-order valence-electron chi connectivity index (χ3n) is 3.33. The van der Waals surface area contributed by atoms with E-state index in [2.05, 4.69) is 42.1 Å². The van der Waals surface area contributed by atoms with Gasteiger partial charge in [-0.25, -0.2) is 4.68 Å². The highest BCUT2D eigenvalue weighted by atomic mass is 32.1. The molecular weight excluding hydrogens is 256 g/mol. The smallest absolute Gasteiger partial charge is 0.184 e. The Labute approximate surface area is 116 Å². The van der Waals surface area contributed by atoms with E-state index in [1.54, 1.807) is 0 Å². The first-order valence-electron chi connectivity index (χ1n) is 6.35. The number of hydrogen-bond acceptors (Lipinski definition) is 2. The summed E-state index contributed by atoms with van der Waals surface area (Å²) in [6, 6.07) is 8.32. The summed E-state index contributed by atoms with van der Waals surface area (Å²) in [7, 11) is 1.95. The lowest BCUT2D eigenvalue weighted by atomic mass is 10.2. The molecule has 4 nitrogen and oxygen atoms in total. The van der Waals surface area contributed by atoms with Crippen LogP contribution in [-0.2, 0) is 13.5 Å². The Balaban J connectivity index is 2.38. The number of aromatic nitrogens is 4. The van der Waals surface area contributed by atoms with Crippen molar-refractivity contribution >= 4 is 23.4 Å². The second-order valence-electron chi connectivity index (χ2n) is 4.73. The molecule has 0 aliphatic heterocycles. The molecule has 3 aromatic rings. The van der Waals surface area contributed by atoms with Gasteiger partial charge in [0.25, 0.3) is 0 Å². The van der Waals surface area contributed by atoms with Gasteiger partial charge in [-0.3, -0.25) is 4.57 Å². The van der Waals surface area contributed by atoms with Crippen molar-refractivity contribution in [2.24, 2.45) is 7.05 Å². The van der Waals surface area contributed by atoms with E-state index in [-0.39, 0.29) is 0 Å². The van der Waals surface area contributed by atoms with Gasteiger partial charge >= 0.3 is 0 Å². The molecule has 0 bridgehead atoms. The number of H-pyrrole nitrogens is 1. The van der Waals surface area contributed by atoms with Crippen molar-refractivity contribution in [1.29, 1.82) is 0 Å². The summed E-state index contributed by atoms with van der Waals surface area (Å²) in [4.78, 5) is 3.28. The van der Waals surface area contributed by atoms with Crippen molar-refractivity contribution in [3.63, 3.8) is 0 Å². The monoisotopic (exact) mass is 272 g/mol. The van der Waals surface area contributed by atoms with Crippen LogP contribution < -0.4 is 0 Å². The van der Waals surface area contributed by atoms with E-state index in [1.807, 2.05) is 22.4 Å². The standard InChI is InChI=1S/C14H16N4S/c1-4-11-12-13(17(3)16-11)18(14(19)15-12)10-7-5-6-9(2)8-10/h5-8H,4H2,1-3H3,(H,15,19). The summed E-state index contributed by atoms with van der Waals surface area (Å²) < 4.78 is 4.65. The summed E-state index contributed by atoms with van der Waals surface area (Å²) in [5, 5.41) is 4.54. The van der Waals surface area contributed by atoms with Crippen LogP contribution >= 0.6 is 12.2 Å². The van der Waals surface area contributed by atoms with E-state index in [1.165, 1.54) is 5.56 Å². The molecule has 2 heterocycles. The molecule has 2 aromatic heterocycles. The highest BCUT2D eigenvalue weighted by Gasteiger charge is 2.15. The Kier molecular flexibility index (Phi) is 2.78. The van der Waals surface area contributed by atoms with Gasteiger partial charge in [-0.15, -0.1) is 0 Å². The minimum absolute atomic E-state index is 0.711. The highest BCUT2D eigenvalue weighted by Crippen LogP contribution is 2.22. The molecule has 0 amide bonds. The molecule has 5 heteroatoms. The van der Waals surface area contributed by atoms with E-state index in [4.69, 9.17) is 12.2 Å². The lowest BCUT2D eigenvalue weighted by Crippen LogP contribution is -2.01. The average Bonchev–Trinajstić information content (AvgIpc) is 2.86. The summed E-state index contributed by atoms with van der Waals surface area (Å²) in [6.07, 6.45) is 0.889. The molecule has 0 radical (unpaired) electrons. The summed E-state index contributed by atoms with van der Waals surface area (Å²) in [5.41, 5.74) is 5.40. The predicted octanol–water partition coefficient (Wildman–Crippen LogP) is 3.29. The number of hydrogen-bond donors (Lipinski definition) is 1.